The second kappa shape index (κ2) is 7.39. The number of rotatable bonds is 7. The second-order valence-electron chi connectivity index (χ2n) is 4.27. The van der Waals surface area contributed by atoms with E-state index in [0.29, 0.717) is 6.73 Å². The van der Waals surface area contributed by atoms with Gasteiger partial charge in [-0.05, 0) is 25.3 Å². The van der Waals surface area contributed by atoms with Crippen molar-refractivity contribution < 1.29 is 9.30 Å². The van der Waals surface area contributed by atoms with Crippen LogP contribution in [0.15, 0.2) is 18.5 Å². The minimum Gasteiger partial charge on any atom is -0.323 e. The van der Waals surface area contributed by atoms with Crippen molar-refractivity contribution in [3.05, 3.63) is 29.6 Å². The van der Waals surface area contributed by atoms with E-state index in [0.717, 1.165) is 13.0 Å². The molecule has 0 aromatic carbocycles. The molecule has 1 aromatic rings. The van der Waals surface area contributed by atoms with Gasteiger partial charge in [0.2, 0.25) is 0 Å². The van der Waals surface area contributed by atoms with E-state index in [1.807, 2.05) is 0 Å². The van der Waals surface area contributed by atoms with Crippen molar-refractivity contribution in [3.8, 4) is 0 Å². The van der Waals surface area contributed by atoms with Crippen molar-refractivity contribution in [3.63, 3.8) is 0 Å². The molecule has 0 N–H and O–H groups in total. The number of aromatic nitrogens is 1. The van der Waals surface area contributed by atoms with Crippen LogP contribution in [-0.2, 0) is 17.9 Å². The third kappa shape index (κ3) is 4.31. The zero-order valence-electron chi connectivity index (χ0n) is 10.8. The summed E-state index contributed by atoms with van der Waals surface area (Å²) in [4.78, 5) is 0. The lowest BCUT2D eigenvalue weighted by Crippen LogP contribution is -2.35. The first-order valence-electron chi connectivity index (χ1n) is 6.34. The van der Waals surface area contributed by atoms with Crippen LogP contribution < -0.4 is 4.57 Å². The molecule has 1 aromatic heterocycles. The van der Waals surface area contributed by atoms with E-state index in [1.165, 1.54) is 30.4 Å². The second-order valence-corrected chi connectivity index (χ2v) is 4.27. The lowest BCUT2D eigenvalue weighted by Gasteiger charge is -2.03. The van der Waals surface area contributed by atoms with Gasteiger partial charge in [0.25, 0.3) is 6.73 Å². The van der Waals surface area contributed by atoms with Gasteiger partial charge in [-0.25, -0.2) is 0 Å². The van der Waals surface area contributed by atoms with Gasteiger partial charge in [0.15, 0.2) is 12.4 Å². The predicted octanol–water partition coefficient (Wildman–Crippen LogP) is 3.01. The minimum absolute atomic E-state index is 0.678. The first kappa shape index (κ1) is 13.2. The molecular formula is C14H24NO+. The van der Waals surface area contributed by atoms with Gasteiger partial charge >= 0.3 is 0 Å². The molecule has 0 saturated heterocycles. The van der Waals surface area contributed by atoms with Crippen molar-refractivity contribution in [2.24, 2.45) is 0 Å². The first-order chi connectivity index (χ1) is 7.77. The third-order valence-corrected chi connectivity index (χ3v) is 2.86. The molecule has 0 radical (unpaired) electrons. The number of pyridine rings is 1. The zero-order chi connectivity index (χ0) is 11.8. The molecule has 2 nitrogen and oxygen atoms in total. The van der Waals surface area contributed by atoms with Gasteiger partial charge in [0.05, 0.1) is 6.61 Å². The molecule has 1 rings (SSSR count). The van der Waals surface area contributed by atoms with Crippen molar-refractivity contribution in [1.82, 2.24) is 0 Å². The highest BCUT2D eigenvalue weighted by Gasteiger charge is 2.04. The normalized spacial score (nSPS) is 10.7. The summed E-state index contributed by atoms with van der Waals surface area (Å²) in [6.07, 6.45) is 9.05. The minimum atomic E-state index is 0.678. The number of nitrogens with zero attached hydrogens (tertiary/aromatic N) is 1. The van der Waals surface area contributed by atoms with Gasteiger partial charge < -0.3 is 4.74 Å². The van der Waals surface area contributed by atoms with Gasteiger partial charge in [0, 0.05) is 11.6 Å². The van der Waals surface area contributed by atoms with Crippen LogP contribution in [0.25, 0.3) is 0 Å². The highest BCUT2D eigenvalue weighted by Crippen LogP contribution is 2.04. The van der Waals surface area contributed by atoms with Crippen molar-refractivity contribution in [1.29, 1.82) is 0 Å². The Labute approximate surface area is 99.3 Å². The summed E-state index contributed by atoms with van der Waals surface area (Å²) < 4.78 is 7.75. The lowest BCUT2D eigenvalue weighted by molar-refractivity contribution is -0.733. The maximum atomic E-state index is 5.62. The Kier molecular flexibility index (Phi) is 6.09. The molecule has 0 unspecified atom stereocenters. The smallest absolute Gasteiger partial charge is 0.252 e. The van der Waals surface area contributed by atoms with Gasteiger partial charge in [0.1, 0.15) is 0 Å². The average molecular weight is 222 g/mol. The fourth-order valence-electron chi connectivity index (χ4n) is 1.73. The molecule has 16 heavy (non-hydrogen) atoms. The van der Waals surface area contributed by atoms with Gasteiger partial charge in [-0.1, -0.05) is 26.7 Å². The number of aryl methyl sites for hydroxylation is 2. The SMILES string of the molecule is CCCCCOC[n+]1ccc(C)c(CC)c1. The number of unbranched alkanes of at least 4 members (excludes halogenated alkanes) is 2. The van der Waals surface area contributed by atoms with Gasteiger partial charge in [-0.3, -0.25) is 0 Å². The lowest BCUT2D eigenvalue weighted by atomic mass is 10.1. The van der Waals surface area contributed by atoms with E-state index in [4.69, 9.17) is 4.74 Å². The molecule has 90 valence electrons. The summed E-state index contributed by atoms with van der Waals surface area (Å²) in [7, 11) is 0. The first-order valence-corrected chi connectivity index (χ1v) is 6.34. The molecule has 0 fully saturated rings. The fraction of sp³-hybridized carbons (Fsp3) is 0.643. The molecule has 0 aliphatic rings. The van der Waals surface area contributed by atoms with Crippen LogP contribution >= 0.6 is 0 Å². The van der Waals surface area contributed by atoms with Crippen molar-refractivity contribution in [2.45, 2.75) is 53.2 Å². The Morgan fingerprint density at radius 3 is 2.75 bits per heavy atom. The number of hydrogen-bond acceptors (Lipinski definition) is 1. The number of ether oxygens (including phenoxy) is 1. The predicted molar refractivity (Wildman–Crippen MR) is 66.2 cm³/mol. The summed E-state index contributed by atoms with van der Waals surface area (Å²) in [6, 6.07) is 2.16. The Morgan fingerprint density at radius 1 is 1.25 bits per heavy atom. The van der Waals surface area contributed by atoms with E-state index in [1.54, 1.807) is 0 Å². The quantitative estimate of drug-likeness (QED) is 0.510. The van der Waals surface area contributed by atoms with E-state index in [9.17, 15) is 0 Å². The van der Waals surface area contributed by atoms with E-state index in [2.05, 4.69) is 43.8 Å². The highest BCUT2D eigenvalue weighted by atomic mass is 16.5. The van der Waals surface area contributed by atoms with Crippen LogP contribution in [0, 0.1) is 6.92 Å². The number of hydrogen-bond donors (Lipinski definition) is 0. The topological polar surface area (TPSA) is 13.1 Å². The van der Waals surface area contributed by atoms with Crippen LogP contribution in [-0.4, -0.2) is 6.61 Å². The van der Waals surface area contributed by atoms with Gasteiger partial charge in [-0.2, -0.15) is 4.57 Å². The van der Waals surface area contributed by atoms with Crippen LogP contribution in [0.5, 0.6) is 0 Å². The fourth-order valence-corrected chi connectivity index (χ4v) is 1.73. The molecule has 0 aliphatic carbocycles. The maximum Gasteiger partial charge on any atom is 0.252 e. The summed E-state index contributed by atoms with van der Waals surface area (Å²) in [5.41, 5.74) is 2.77. The summed E-state index contributed by atoms with van der Waals surface area (Å²) in [5, 5.41) is 0. The molecule has 0 aliphatic heterocycles. The van der Waals surface area contributed by atoms with Crippen LogP contribution in [0.2, 0.25) is 0 Å². The standard InChI is InChI=1S/C14H24NO/c1-4-6-7-10-16-12-15-9-8-13(3)14(5-2)11-15/h8-9,11H,4-7,10,12H2,1-3H3/q+1. The molecule has 0 atom stereocenters. The maximum absolute atomic E-state index is 5.62. The third-order valence-electron chi connectivity index (χ3n) is 2.86. The van der Waals surface area contributed by atoms with Crippen molar-refractivity contribution in [2.75, 3.05) is 6.61 Å². The molecule has 1 heterocycles. The Balaban J connectivity index is 2.36. The summed E-state index contributed by atoms with van der Waals surface area (Å²) in [6.45, 7) is 8.11. The summed E-state index contributed by atoms with van der Waals surface area (Å²) >= 11 is 0. The molecule has 0 amide bonds. The average Bonchev–Trinajstić information content (AvgIpc) is 2.31. The molecule has 0 spiro atoms. The molecule has 2 heteroatoms. The molecular weight excluding hydrogens is 198 g/mol. The van der Waals surface area contributed by atoms with E-state index in [-0.39, 0.29) is 0 Å². The zero-order valence-corrected chi connectivity index (χ0v) is 10.8. The Bertz CT molecular complexity index is 310. The van der Waals surface area contributed by atoms with Crippen molar-refractivity contribution >= 4 is 0 Å². The van der Waals surface area contributed by atoms with Gasteiger partial charge in [-0.15, -0.1) is 0 Å². The molecule has 0 bridgehead atoms. The Morgan fingerprint density at radius 2 is 2.06 bits per heavy atom. The van der Waals surface area contributed by atoms with E-state index >= 15 is 0 Å². The van der Waals surface area contributed by atoms with E-state index < -0.39 is 0 Å². The van der Waals surface area contributed by atoms with Crippen LogP contribution in [0.1, 0.15) is 44.2 Å². The highest BCUT2D eigenvalue weighted by molar-refractivity contribution is 5.18. The Hall–Kier alpha value is -0.890. The summed E-state index contributed by atoms with van der Waals surface area (Å²) in [5.74, 6) is 0. The van der Waals surface area contributed by atoms with Crippen LogP contribution in [0.4, 0.5) is 0 Å². The monoisotopic (exact) mass is 222 g/mol. The largest absolute Gasteiger partial charge is 0.323 e. The molecule has 0 saturated carbocycles. The van der Waals surface area contributed by atoms with Crippen LogP contribution in [0.3, 0.4) is 0 Å².